The monoisotopic (exact) mass is 298 g/mol. The second kappa shape index (κ2) is 8.12. The molecule has 20 heavy (non-hydrogen) atoms. The molecule has 0 aliphatic carbocycles. The fourth-order valence-corrected chi connectivity index (χ4v) is 2.37. The molecule has 1 aromatic rings. The summed E-state index contributed by atoms with van der Waals surface area (Å²) in [4.78, 5) is 12.2. The summed E-state index contributed by atoms with van der Waals surface area (Å²) in [6, 6.07) is 7.59. The Morgan fingerprint density at radius 3 is 3.00 bits per heavy atom. The van der Waals surface area contributed by atoms with Crippen molar-refractivity contribution in [1.82, 2.24) is 10.6 Å². The van der Waals surface area contributed by atoms with Crippen molar-refractivity contribution >= 4 is 18.3 Å². The van der Waals surface area contributed by atoms with Crippen molar-refractivity contribution in [1.29, 1.82) is 0 Å². The average Bonchev–Trinajstić information content (AvgIpc) is 2.42. The van der Waals surface area contributed by atoms with Gasteiger partial charge in [0, 0.05) is 11.6 Å². The van der Waals surface area contributed by atoms with E-state index < -0.39 is 0 Å². The highest BCUT2D eigenvalue weighted by molar-refractivity contribution is 5.94. The number of amides is 1. The van der Waals surface area contributed by atoms with Crippen molar-refractivity contribution in [2.75, 3.05) is 19.7 Å². The van der Waals surface area contributed by atoms with E-state index in [0.717, 1.165) is 25.3 Å². The van der Waals surface area contributed by atoms with Crippen LogP contribution in [0, 0.1) is 5.92 Å². The molecule has 1 aliphatic heterocycles. The van der Waals surface area contributed by atoms with E-state index in [1.807, 2.05) is 25.1 Å². The summed E-state index contributed by atoms with van der Waals surface area (Å²) in [6.45, 7) is 6.63. The fraction of sp³-hybridized carbons (Fsp3) is 0.533. The molecule has 0 radical (unpaired) electrons. The molecule has 0 bridgehead atoms. The third kappa shape index (κ3) is 4.39. The first-order valence-corrected chi connectivity index (χ1v) is 6.95. The van der Waals surface area contributed by atoms with Crippen LogP contribution in [0.4, 0.5) is 0 Å². The fourth-order valence-electron chi connectivity index (χ4n) is 2.37. The quantitative estimate of drug-likeness (QED) is 0.896. The summed E-state index contributed by atoms with van der Waals surface area (Å²) in [7, 11) is 0. The molecule has 2 atom stereocenters. The van der Waals surface area contributed by atoms with Gasteiger partial charge in [-0.3, -0.25) is 4.79 Å². The average molecular weight is 299 g/mol. The van der Waals surface area contributed by atoms with E-state index in [9.17, 15) is 4.79 Å². The lowest BCUT2D eigenvalue weighted by atomic mass is 9.95. The van der Waals surface area contributed by atoms with Crippen LogP contribution in [-0.2, 0) is 0 Å². The van der Waals surface area contributed by atoms with E-state index >= 15 is 0 Å². The predicted octanol–water partition coefficient (Wildman–Crippen LogP) is 2.23. The summed E-state index contributed by atoms with van der Waals surface area (Å²) >= 11 is 0. The van der Waals surface area contributed by atoms with Crippen LogP contribution in [0.25, 0.3) is 0 Å². The van der Waals surface area contributed by atoms with Gasteiger partial charge in [0.25, 0.3) is 5.91 Å². The van der Waals surface area contributed by atoms with E-state index in [1.165, 1.54) is 0 Å². The van der Waals surface area contributed by atoms with E-state index in [-0.39, 0.29) is 24.4 Å². The van der Waals surface area contributed by atoms with Crippen LogP contribution in [0.15, 0.2) is 24.3 Å². The number of benzene rings is 1. The van der Waals surface area contributed by atoms with Crippen LogP contribution in [-0.4, -0.2) is 31.6 Å². The molecule has 1 fully saturated rings. The number of carbonyl (C=O) groups excluding carboxylic acids is 1. The molecular weight excluding hydrogens is 276 g/mol. The summed E-state index contributed by atoms with van der Waals surface area (Å²) in [6.07, 6.45) is 0.984. The van der Waals surface area contributed by atoms with Gasteiger partial charge in [-0.15, -0.1) is 12.4 Å². The highest BCUT2D eigenvalue weighted by Gasteiger charge is 2.23. The number of halogens is 1. The summed E-state index contributed by atoms with van der Waals surface area (Å²) in [5.41, 5.74) is 0.664. The van der Waals surface area contributed by atoms with Crippen molar-refractivity contribution in [2.24, 2.45) is 5.92 Å². The van der Waals surface area contributed by atoms with Gasteiger partial charge in [-0.2, -0.15) is 0 Å². The normalized spacial score (nSPS) is 21.7. The molecule has 1 saturated heterocycles. The lowest BCUT2D eigenvalue weighted by Gasteiger charge is -2.30. The minimum Gasteiger partial charge on any atom is -0.494 e. The standard InChI is InChI=1S/C15H22N2O2.ClH/c1-3-19-13-6-4-5-12(9-13)15(18)17-14-7-8-16-10-11(14)2;/h4-6,9,11,14,16H,3,7-8,10H2,1-2H3,(H,17,18);1H. The topological polar surface area (TPSA) is 50.4 Å². The zero-order chi connectivity index (χ0) is 13.7. The first-order valence-electron chi connectivity index (χ1n) is 6.95. The number of hydrogen-bond donors (Lipinski definition) is 2. The number of hydrogen-bond acceptors (Lipinski definition) is 3. The third-order valence-corrected chi connectivity index (χ3v) is 3.51. The van der Waals surface area contributed by atoms with Crippen molar-refractivity contribution in [3.8, 4) is 5.75 Å². The zero-order valence-electron chi connectivity index (χ0n) is 12.0. The summed E-state index contributed by atoms with van der Waals surface area (Å²) in [5, 5.41) is 6.45. The van der Waals surface area contributed by atoms with Gasteiger partial charge in [-0.1, -0.05) is 13.0 Å². The van der Waals surface area contributed by atoms with Crippen LogP contribution in [0.2, 0.25) is 0 Å². The SMILES string of the molecule is CCOc1cccc(C(=O)NC2CCNCC2C)c1.Cl. The molecule has 0 spiro atoms. The first-order chi connectivity index (χ1) is 9.20. The summed E-state index contributed by atoms with van der Waals surface area (Å²) < 4.78 is 5.42. The molecule has 2 N–H and O–H groups in total. The van der Waals surface area contributed by atoms with E-state index in [0.29, 0.717) is 18.1 Å². The molecule has 1 aliphatic rings. The largest absolute Gasteiger partial charge is 0.494 e. The molecule has 112 valence electrons. The third-order valence-electron chi connectivity index (χ3n) is 3.51. The summed E-state index contributed by atoms with van der Waals surface area (Å²) in [5.74, 6) is 1.20. The molecule has 2 unspecified atom stereocenters. The van der Waals surface area contributed by atoms with Crippen LogP contribution in [0.3, 0.4) is 0 Å². The lowest BCUT2D eigenvalue weighted by molar-refractivity contribution is 0.0913. The Hall–Kier alpha value is -1.26. The van der Waals surface area contributed by atoms with Gasteiger partial charge < -0.3 is 15.4 Å². The van der Waals surface area contributed by atoms with Crippen molar-refractivity contribution < 1.29 is 9.53 Å². The van der Waals surface area contributed by atoms with Crippen LogP contribution in [0.5, 0.6) is 5.75 Å². The zero-order valence-corrected chi connectivity index (χ0v) is 12.8. The van der Waals surface area contributed by atoms with Gasteiger partial charge in [0.15, 0.2) is 0 Å². The van der Waals surface area contributed by atoms with Gasteiger partial charge in [-0.25, -0.2) is 0 Å². The maximum atomic E-state index is 12.2. The maximum Gasteiger partial charge on any atom is 0.251 e. The Kier molecular flexibility index (Phi) is 6.82. The molecule has 1 amide bonds. The van der Waals surface area contributed by atoms with Crippen molar-refractivity contribution in [2.45, 2.75) is 26.3 Å². The van der Waals surface area contributed by atoms with Crippen molar-refractivity contribution in [3.05, 3.63) is 29.8 Å². The van der Waals surface area contributed by atoms with Crippen molar-refractivity contribution in [3.63, 3.8) is 0 Å². The Morgan fingerprint density at radius 1 is 1.50 bits per heavy atom. The highest BCUT2D eigenvalue weighted by atomic mass is 35.5. The van der Waals surface area contributed by atoms with E-state index in [1.54, 1.807) is 6.07 Å². The maximum absolute atomic E-state index is 12.2. The Labute approximate surface area is 126 Å². The second-order valence-electron chi connectivity index (χ2n) is 5.01. The number of rotatable bonds is 4. The Balaban J connectivity index is 0.00000200. The molecule has 5 heteroatoms. The smallest absolute Gasteiger partial charge is 0.251 e. The number of carbonyl (C=O) groups is 1. The molecule has 0 aromatic heterocycles. The highest BCUT2D eigenvalue weighted by Crippen LogP contribution is 2.15. The number of piperidine rings is 1. The number of ether oxygens (including phenoxy) is 1. The van der Waals surface area contributed by atoms with Gasteiger partial charge in [0.05, 0.1) is 6.61 Å². The van der Waals surface area contributed by atoms with Gasteiger partial charge >= 0.3 is 0 Å². The molecule has 0 saturated carbocycles. The molecule has 1 aromatic carbocycles. The molecule has 4 nitrogen and oxygen atoms in total. The van der Waals surface area contributed by atoms with E-state index in [2.05, 4.69) is 17.6 Å². The minimum absolute atomic E-state index is 0. The second-order valence-corrected chi connectivity index (χ2v) is 5.01. The predicted molar refractivity (Wildman–Crippen MR) is 82.8 cm³/mol. The van der Waals surface area contributed by atoms with Gasteiger partial charge in [0.2, 0.25) is 0 Å². The lowest BCUT2D eigenvalue weighted by Crippen LogP contribution is -2.48. The van der Waals surface area contributed by atoms with Gasteiger partial charge in [-0.05, 0) is 50.6 Å². The van der Waals surface area contributed by atoms with E-state index in [4.69, 9.17) is 4.74 Å². The van der Waals surface area contributed by atoms with Crippen LogP contribution in [0.1, 0.15) is 30.6 Å². The van der Waals surface area contributed by atoms with Gasteiger partial charge in [0.1, 0.15) is 5.75 Å². The molecule has 1 heterocycles. The number of nitrogens with one attached hydrogen (secondary N) is 2. The Bertz CT molecular complexity index is 440. The first kappa shape index (κ1) is 16.8. The van der Waals surface area contributed by atoms with Crippen LogP contribution < -0.4 is 15.4 Å². The molecule has 2 rings (SSSR count). The molecular formula is C15H23ClN2O2. The Morgan fingerprint density at radius 2 is 2.30 bits per heavy atom. The van der Waals surface area contributed by atoms with Crippen LogP contribution >= 0.6 is 12.4 Å². The minimum atomic E-state index is -0.0136.